The molecule has 0 fully saturated rings. The Morgan fingerprint density at radius 1 is 1.10 bits per heavy atom. The van der Waals surface area contributed by atoms with Gasteiger partial charge in [0.05, 0.1) is 19.9 Å². The Kier molecular flexibility index (Phi) is 5.66. The van der Waals surface area contributed by atoms with Crippen LogP contribution in [0.25, 0.3) is 11.3 Å². The molecule has 7 heteroatoms. The summed E-state index contributed by atoms with van der Waals surface area (Å²) in [6.07, 6.45) is 3.51. The molecule has 0 unspecified atom stereocenters. The van der Waals surface area contributed by atoms with Crippen molar-refractivity contribution in [3.05, 3.63) is 100.0 Å². The second kappa shape index (κ2) is 8.71. The summed E-state index contributed by atoms with van der Waals surface area (Å²) in [5.41, 5.74) is 10.0. The fourth-order valence-corrected chi connectivity index (χ4v) is 3.34. The fourth-order valence-electron chi connectivity index (χ4n) is 3.34. The fraction of sp³-hybridized carbons (Fsp3) is 0.125. The molecule has 0 radical (unpaired) electrons. The van der Waals surface area contributed by atoms with E-state index in [1.807, 2.05) is 72.4 Å². The van der Waals surface area contributed by atoms with Crippen molar-refractivity contribution < 1.29 is 4.74 Å². The Hall–Kier alpha value is -4.13. The van der Waals surface area contributed by atoms with Crippen LogP contribution in [0, 0.1) is 6.92 Å². The lowest BCUT2D eigenvalue weighted by Crippen LogP contribution is -2.19. The van der Waals surface area contributed by atoms with Gasteiger partial charge in [0.25, 0.3) is 5.56 Å². The lowest BCUT2D eigenvalue weighted by atomic mass is 10.1. The number of hydrogen-bond acceptors (Lipinski definition) is 5. The number of anilines is 1. The number of nitrogens with zero attached hydrogens (tertiary/aromatic N) is 4. The van der Waals surface area contributed by atoms with E-state index in [1.54, 1.807) is 19.4 Å². The maximum atomic E-state index is 12.3. The number of ether oxygens (including phenoxy) is 1. The van der Waals surface area contributed by atoms with E-state index in [9.17, 15) is 4.79 Å². The Morgan fingerprint density at radius 2 is 1.90 bits per heavy atom. The molecule has 0 bridgehead atoms. The third kappa shape index (κ3) is 4.56. The van der Waals surface area contributed by atoms with Crippen molar-refractivity contribution in [1.82, 2.24) is 14.5 Å². The Labute approximate surface area is 180 Å². The van der Waals surface area contributed by atoms with Crippen LogP contribution in [0.15, 0.2) is 82.8 Å². The van der Waals surface area contributed by atoms with Gasteiger partial charge < -0.3 is 10.5 Å². The lowest BCUT2D eigenvalue weighted by molar-refractivity contribution is 0.415. The highest BCUT2D eigenvalue weighted by molar-refractivity contribution is 5.88. The molecule has 0 aliphatic rings. The molecule has 4 rings (SSSR count). The van der Waals surface area contributed by atoms with Crippen LogP contribution in [0.5, 0.6) is 5.75 Å². The number of aryl methyl sites for hydroxylation is 1. The average molecular weight is 413 g/mol. The monoisotopic (exact) mass is 413 g/mol. The Balaban J connectivity index is 1.77. The zero-order valence-corrected chi connectivity index (χ0v) is 17.4. The average Bonchev–Trinajstić information content (AvgIpc) is 3.16. The summed E-state index contributed by atoms with van der Waals surface area (Å²) in [7, 11) is 1.63. The molecule has 7 nitrogen and oxygen atoms in total. The molecule has 2 aromatic carbocycles. The van der Waals surface area contributed by atoms with Crippen LogP contribution in [0.4, 0.5) is 5.82 Å². The number of nitrogens with two attached hydrogens (primary N) is 1. The molecule has 31 heavy (non-hydrogen) atoms. The third-order valence-electron chi connectivity index (χ3n) is 4.81. The summed E-state index contributed by atoms with van der Waals surface area (Å²) in [6, 6.07) is 20.9. The predicted octanol–water partition coefficient (Wildman–Crippen LogP) is 3.54. The molecule has 156 valence electrons. The van der Waals surface area contributed by atoms with Crippen molar-refractivity contribution in [2.75, 3.05) is 12.8 Å². The van der Waals surface area contributed by atoms with Crippen LogP contribution in [0.2, 0.25) is 0 Å². The minimum Gasteiger partial charge on any atom is -0.497 e. The molecule has 0 saturated carbocycles. The third-order valence-corrected chi connectivity index (χ3v) is 4.81. The molecule has 0 atom stereocenters. The van der Waals surface area contributed by atoms with Crippen molar-refractivity contribution in [1.29, 1.82) is 0 Å². The Bertz CT molecular complexity index is 1290. The highest BCUT2D eigenvalue weighted by Crippen LogP contribution is 2.25. The zero-order chi connectivity index (χ0) is 21.8. The summed E-state index contributed by atoms with van der Waals surface area (Å²) in [6.45, 7) is 2.43. The Morgan fingerprint density at radius 3 is 2.65 bits per heavy atom. The van der Waals surface area contributed by atoms with Crippen molar-refractivity contribution in [3.8, 4) is 17.0 Å². The summed E-state index contributed by atoms with van der Waals surface area (Å²) in [5.74, 6) is 1.01. The summed E-state index contributed by atoms with van der Waals surface area (Å²) in [4.78, 5) is 12.3. The van der Waals surface area contributed by atoms with Crippen LogP contribution in [-0.2, 0) is 6.54 Å². The molecule has 0 amide bonds. The maximum Gasteiger partial charge on any atom is 0.273 e. The maximum absolute atomic E-state index is 12.3. The highest BCUT2D eigenvalue weighted by atomic mass is 16.5. The first-order valence-corrected chi connectivity index (χ1v) is 9.83. The standard InChI is InChI=1S/C24H23N5O2/c1-17-11-22(25)29(23(30)12-17)26-14-20-16-28(15-18-7-4-3-5-8-18)27-24(20)19-9-6-10-21(13-19)31-2/h3-14,16H,15,25H2,1-2H3/b26-14-. The summed E-state index contributed by atoms with van der Waals surface area (Å²) < 4.78 is 8.39. The zero-order valence-electron chi connectivity index (χ0n) is 17.4. The minimum absolute atomic E-state index is 0.279. The van der Waals surface area contributed by atoms with Gasteiger partial charge in [-0.3, -0.25) is 9.48 Å². The van der Waals surface area contributed by atoms with Gasteiger partial charge in [-0.1, -0.05) is 42.5 Å². The highest BCUT2D eigenvalue weighted by Gasteiger charge is 2.12. The van der Waals surface area contributed by atoms with Crippen molar-refractivity contribution in [3.63, 3.8) is 0 Å². The molecule has 0 aliphatic carbocycles. The molecule has 2 heterocycles. The van der Waals surface area contributed by atoms with E-state index >= 15 is 0 Å². The van der Waals surface area contributed by atoms with Gasteiger partial charge in [-0.25, -0.2) is 0 Å². The number of pyridine rings is 1. The SMILES string of the molecule is COc1cccc(-c2nn(Cc3ccccc3)cc2/C=N\n2c(N)cc(C)cc2=O)c1. The molecular formula is C24H23N5O2. The van der Waals surface area contributed by atoms with Gasteiger partial charge in [0, 0.05) is 23.4 Å². The number of methoxy groups -OCH3 is 1. The molecule has 0 saturated heterocycles. The number of rotatable bonds is 6. The van der Waals surface area contributed by atoms with Crippen LogP contribution >= 0.6 is 0 Å². The van der Waals surface area contributed by atoms with Crippen LogP contribution in [0.3, 0.4) is 0 Å². The molecule has 2 aromatic heterocycles. The van der Waals surface area contributed by atoms with E-state index in [4.69, 9.17) is 15.6 Å². The quantitative estimate of drug-likeness (QED) is 0.490. The van der Waals surface area contributed by atoms with Crippen molar-refractivity contribution >= 4 is 12.0 Å². The van der Waals surface area contributed by atoms with Gasteiger partial charge in [-0.05, 0) is 36.2 Å². The van der Waals surface area contributed by atoms with E-state index in [0.717, 1.165) is 33.7 Å². The second-order valence-corrected chi connectivity index (χ2v) is 7.20. The van der Waals surface area contributed by atoms with E-state index in [1.165, 1.54) is 10.7 Å². The predicted molar refractivity (Wildman–Crippen MR) is 123 cm³/mol. The second-order valence-electron chi connectivity index (χ2n) is 7.20. The molecular weight excluding hydrogens is 390 g/mol. The van der Waals surface area contributed by atoms with Gasteiger partial charge in [0.2, 0.25) is 0 Å². The lowest BCUT2D eigenvalue weighted by Gasteiger charge is -2.04. The molecule has 0 aliphatic heterocycles. The number of aromatic nitrogens is 3. The number of nitrogen functional groups attached to an aromatic ring is 1. The van der Waals surface area contributed by atoms with Gasteiger partial charge in [0.15, 0.2) is 0 Å². The first-order valence-electron chi connectivity index (χ1n) is 9.83. The van der Waals surface area contributed by atoms with Gasteiger partial charge in [0.1, 0.15) is 17.3 Å². The normalized spacial score (nSPS) is 11.2. The van der Waals surface area contributed by atoms with Crippen LogP contribution in [0.1, 0.15) is 16.7 Å². The van der Waals surface area contributed by atoms with Crippen molar-refractivity contribution in [2.45, 2.75) is 13.5 Å². The molecule has 0 spiro atoms. The topological polar surface area (TPSA) is 87.4 Å². The van der Waals surface area contributed by atoms with Gasteiger partial charge in [-0.2, -0.15) is 14.9 Å². The van der Waals surface area contributed by atoms with Gasteiger partial charge in [-0.15, -0.1) is 0 Å². The van der Waals surface area contributed by atoms with Crippen molar-refractivity contribution in [2.24, 2.45) is 5.10 Å². The number of hydrogen-bond donors (Lipinski definition) is 1. The minimum atomic E-state index is -0.284. The number of benzene rings is 2. The first kappa shape index (κ1) is 20.2. The summed E-state index contributed by atoms with van der Waals surface area (Å²) in [5, 5.41) is 9.11. The van der Waals surface area contributed by atoms with E-state index in [-0.39, 0.29) is 11.4 Å². The molecule has 4 aromatic rings. The van der Waals surface area contributed by atoms with Gasteiger partial charge >= 0.3 is 0 Å². The smallest absolute Gasteiger partial charge is 0.273 e. The van der Waals surface area contributed by atoms with E-state index in [2.05, 4.69) is 5.10 Å². The summed E-state index contributed by atoms with van der Waals surface area (Å²) >= 11 is 0. The van der Waals surface area contributed by atoms with E-state index in [0.29, 0.717) is 6.54 Å². The van der Waals surface area contributed by atoms with Crippen LogP contribution in [-0.4, -0.2) is 27.8 Å². The first-order chi connectivity index (χ1) is 15.0. The van der Waals surface area contributed by atoms with Crippen LogP contribution < -0.4 is 16.0 Å². The largest absolute Gasteiger partial charge is 0.497 e. The van der Waals surface area contributed by atoms with E-state index < -0.39 is 0 Å². The molecule has 2 N–H and O–H groups in total.